The monoisotopic (exact) mass is 290 g/mol. The quantitative estimate of drug-likeness (QED) is 0.330. The normalized spacial score (nSPS) is 24.6. The van der Waals surface area contributed by atoms with Gasteiger partial charge < -0.3 is 0 Å². The third-order valence-corrected chi connectivity index (χ3v) is 3.95. The standard InChI is InChI=1S/C11H15IO/c1-8(13)4-5-9-6-10(7-12)11(9,2)3/h4,10H,6-7H2,1-3H3. The topological polar surface area (TPSA) is 17.1 Å². The van der Waals surface area contributed by atoms with E-state index in [1.54, 1.807) is 13.0 Å². The van der Waals surface area contributed by atoms with Crippen LogP contribution in [-0.4, -0.2) is 10.2 Å². The zero-order valence-electron chi connectivity index (χ0n) is 8.36. The molecule has 0 saturated heterocycles. The van der Waals surface area contributed by atoms with Crippen LogP contribution in [-0.2, 0) is 4.79 Å². The van der Waals surface area contributed by atoms with Crippen LogP contribution >= 0.6 is 22.6 Å². The van der Waals surface area contributed by atoms with Gasteiger partial charge in [0, 0.05) is 10.5 Å². The third kappa shape index (κ3) is 2.23. The van der Waals surface area contributed by atoms with E-state index < -0.39 is 0 Å². The van der Waals surface area contributed by atoms with Crippen LogP contribution in [0.25, 0.3) is 0 Å². The predicted octanol–water partition coefficient (Wildman–Crippen LogP) is 3.14. The van der Waals surface area contributed by atoms with Crippen LogP contribution in [0.1, 0.15) is 27.2 Å². The van der Waals surface area contributed by atoms with Crippen LogP contribution < -0.4 is 0 Å². The second kappa shape index (κ2) is 3.97. The molecule has 0 aromatic heterocycles. The van der Waals surface area contributed by atoms with Crippen molar-refractivity contribution in [2.45, 2.75) is 27.2 Å². The first-order chi connectivity index (χ1) is 5.98. The molecule has 0 aromatic rings. The minimum atomic E-state index is 0.0845. The molecule has 0 aromatic carbocycles. The highest BCUT2D eigenvalue weighted by atomic mass is 127. The number of hydrogen-bond donors (Lipinski definition) is 0. The molecule has 2 heteroatoms. The van der Waals surface area contributed by atoms with E-state index >= 15 is 0 Å². The van der Waals surface area contributed by atoms with Crippen molar-refractivity contribution >= 4 is 28.4 Å². The molecule has 0 aliphatic heterocycles. The first kappa shape index (κ1) is 11.0. The first-order valence-electron chi connectivity index (χ1n) is 4.51. The molecule has 0 bridgehead atoms. The lowest BCUT2D eigenvalue weighted by atomic mass is 9.60. The molecule has 0 heterocycles. The van der Waals surface area contributed by atoms with Gasteiger partial charge in [0.2, 0.25) is 0 Å². The van der Waals surface area contributed by atoms with Gasteiger partial charge in [-0.15, -0.1) is 5.73 Å². The fraction of sp³-hybridized carbons (Fsp3) is 0.636. The maximum Gasteiger partial charge on any atom is 0.160 e. The van der Waals surface area contributed by atoms with Crippen molar-refractivity contribution in [3.8, 4) is 0 Å². The van der Waals surface area contributed by atoms with Gasteiger partial charge >= 0.3 is 0 Å². The summed E-state index contributed by atoms with van der Waals surface area (Å²) in [5, 5.41) is 0. The summed E-state index contributed by atoms with van der Waals surface area (Å²) in [6.07, 6.45) is 2.67. The number of allylic oxidation sites excluding steroid dienone is 1. The lowest BCUT2D eigenvalue weighted by molar-refractivity contribution is -0.112. The van der Waals surface area contributed by atoms with Gasteiger partial charge in [0.05, 0.1) is 0 Å². The van der Waals surface area contributed by atoms with Crippen LogP contribution in [0.4, 0.5) is 0 Å². The van der Waals surface area contributed by atoms with E-state index in [9.17, 15) is 4.79 Å². The van der Waals surface area contributed by atoms with E-state index in [2.05, 4.69) is 42.2 Å². The Hall–Kier alpha value is -0.0800. The Labute approximate surface area is 93.4 Å². The van der Waals surface area contributed by atoms with Crippen molar-refractivity contribution in [1.82, 2.24) is 0 Å². The van der Waals surface area contributed by atoms with Crippen molar-refractivity contribution in [3.63, 3.8) is 0 Å². The molecule has 0 radical (unpaired) electrons. The van der Waals surface area contributed by atoms with Gasteiger partial charge in [0.25, 0.3) is 0 Å². The molecule has 1 rings (SSSR count). The summed E-state index contributed by atoms with van der Waals surface area (Å²) >= 11 is 2.42. The van der Waals surface area contributed by atoms with Gasteiger partial charge in [0.1, 0.15) is 0 Å². The van der Waals surface area contributed by atoms with Gasteiger partial charge in [0.15, 0.2) is 5.78 Å². The largest absolute Gasteiger partial charge is 0.294 e. The predicted molar refractivity (Wildman–Crippen MR) is 63.1 cm³/mol. The highest BCUT2D eigenvalue weighted by Crippen LogP contribution is 2.50. The van der Waals surface area contributed by atoms with E-state index in [0.29, 0.717) is 0 Å². The third-order valence-electron chi connectivity index (χ3n) is 2.88. The van der Waals surface area contributed by atoms with Crippen molar-refractivity contribution in [2.24, 2.45) is 11.3 Å². The molecule has 1 atom stereocenters. The summed E-state index contributed by atoms with van der Waals surface area (Å²) < 4.78 is 1.19. The van der Waals surface area contributed by atoms with E-state index in [4.69, 9.17) is 0 Å². The van der Waals surface area contributed by atoms with Crippen molar-refractivity contribution in [2.75, 3.05) is 4.43 Å². The molecule has 0 amide bonds. The lowest BCUT2D eigenvalue weighted by Crippen LogP contribution is -2.38. The Morgan fingerprint density at radius 2 is 2.38 bits per heavy atom. The first-order valence-corrected chi connectivity index (χ1v) is 6.03. The Morgan fingerprint density at radius 1 is 1.77 bits per heavy atom. The summed E-state index contributed by atoms with van der Waals surface area (Å²) in [4.78, 5) is 10.7. The van der Waals surface area contributed by atoms with E-state index in [0.717, 1.165) is 12.3 Å². The zero-order valence-corrected chi connectivity index (χ0v) is 10.5. The number of carbonyl (C=O) groups excluding carboxylic acids is 1. The molecular formula is C11H15IO. The van der Waals surface area contributed by atoms with Gasteiger partial charge in [-0.2, -0.15) is 0 Å². The molecule has 1 saturated carbocycles. The Kier molecular flexibility index (Phi) is 3.36. The van der Waals surface area contributed by atoms with Crippen molar-refractivity contribution < 1.29 is 4.79 Å². The summed E-state index contributed by atoms with van der Waals surface area (Å²) in [7, 11) is 0. The second-order valence-electron chi connectivity index (χ2n) is 4.15. The van der Waals surface area contributed by atoms with Gasteiger partial charge in [-0.05, 0) is 30.3 Å². The lowest BCUT2D eigenvalue weighted by Gasteiger charge is -2.45. The molecule has 1 aliphatic carbocycles. The maximum absolute atomic E-state index is 10.7. The van der Waals surface area contributed by atoms with Crippen LogP contribution in [0.2, 0.25) is 0 Å². The smallest absolute Gasteiger partial charge is 0.160 e. The average molecular weight is 290 g/mol. The van der Waals surface area contributed by atoms with Crippen LogP contribution in [0.15, 0.2) is 17.4 Å². The zero-order chi connectivity index (χ0) is 10.1. The van der Waals surface area contributed by atoms with Gasteiger partial charge in [-0.1, -0.05) is 36.4 Å². The second-order valence-corrected chi connectivity index (χ2v) is 5.04. The van der Waals surface area contributed by atoms with Crippen LogP contribution in [0.3, 0.4) is 0 Å². The molecule has 1 aliphatic rings. The molecule has 0 N–H and O–H groups in total. The minimum Gasteiger partial charge on any atom is -0.294 e. The van der Waals surface area contributed by atoms with Crippen LogP contribution in [0.5, 0.6) is 0 Å². The number of carbonyl (C=O) groups is 1. The Balaban J connectivity index is 2.79. The number of rotatable bonds is 2. The van der Waals surface area contributed by atoms with Gasteiger partial charge in [-0.3, -0.25) is 4.79 Å². The number of ketones is 1. The van der Waals surface area contributed by atoms with E-state index in [1.165, 1.54) is 10.0 Å². The summed E-state index contributed by atoms with van der Waals surface area (Å²) in [6.45, 7) is 6.03. The van der Waals surface area contributed by atoms with Crippen molar-refractivity contribution in [1.29, 1.82) is 0 Å². The molecule has 1 nitrogen and oxygen atoms in total. The Morgan fingerprint density at radius 3 is 2.77 bits per heavy atom. The van der Waals surface area contributed by atoms with E-state index in [1.807, 2.05) is 0 Å². The van der Waals surface area contributed by atoms with E-state index in [-0.39, 0.29) is 11.2 Å². The molecule has 72 valence electrons. The summed E-state index contributed by atoms with van der Waals surface area (Å²) in [6, 6.07) is 0. The molecule has 0 spiro atoms. The highest BCUT2D eigenvalue weighted by Gasteiger charge is 2.42. The Bertz CT molecular complexity index is 282. The number of halogens is 1. The maximum atomic E-state index is 10.7. The summed E-state index contributed by atoms with van der Waals surface area (Å²) in [5.74, 6) is 0.845. The minimum absolute atomic E-state index is 0.0845. The van der Waals surface area contributed by atoms with Crippen molar-refractivity contribution in [3.05, 3.63) is 17.4 Å². The number of alkyl halides is 1. The van der Waals surface area contributed by atoms with Crippen LogP contribution in [0, 0.1) is 11.3 Å². The summed E-state index contributed by atoms with van der Waals surface area (Å²) in [5.41, 5.74) is 4.66. The molecule has 1 unspecified atom stereocenters. The molecule has 13 heavy (non-hydrogen) atoms. The molecular weight excluding hydrogens is 275 g/mol. The fourth-order valence-electron chi connectivity index (χ4n) is 1.56. The average Bonchev–Trinajstić information content (AvgIpc) is 2.02. The molecule has 1 fully saturated rings. The number of hydrogen-bond acceptors (Lipinski definition) is 1. The highest BCUT2D eigenvalue weighted by molar-refractivity contribution is 14.1. The SMILES string of the molecule is CC(=O)C=C=C1CC(CI)C1(C)C. The fourth-order valence-corrected chi connectivity index (χ4v) is 2.97. The van der Waals surface area contributed by atoms with Gasteiger partial charge in [-0.25, -0.2) is 0 Å².